The van der Waals surface area contributed by atoms with Gasteiger partial charge in [0.05, 0.1) is 10.3 Å². The molecule has 0 bridgehead atoms. The Hall–Kier alpha value is -1.93. The van der Waals surface area contributed by atoms with Crippen LogP contribution in [-0.2, 0) is 19.6 Å². The molecule has 178 valence electrons. The number of nitrogens with one attached hydrogen (secondary N) is 2. The molecule has 1 aromatic rings. The lowest BCUT2D eigenvalue weighted by Gasteiger charge is -2.28. The van der Waals surface area contributed by atoms with Gasteiger partial charge in [-0.1, -0.05) is 31.7 Å². The zero-order valence-electron chi connectivity index (χ0n) is 19.6. The predicted octanol–water partition coefficient (Wildman–Crippen LogP) is 3.97. The van der Waals surface area contributed by atoms with Crippen molar-refractivity contribution in [2.45, 2.75) is 89.5 Å². The molecule has 1 saturated heterocycles. The monoisotopic (exact) mass is 463 g/mol. The van der Waals surface area contributed by atoms with Gasteiger partial charge in [-0.3, -0.25) is 9.59 Å². The summed E-state index contributed by atoms with van der Waals surface area (Å²) >= 11 is 0. The maximum absolute atomic E-state index is 13.3. The van der Waals surface area contributed by atoms with E-state index in [1.165, 1.54) is 0 Å². The Morgan fingerprint density at radius 2 is 1.66 bits per heavy atom. The molecule has 0 atom stereocenters. The van der Waals surface area contributed by atoms with Crippen molar-refractivity contribution in [1.29, 1.82) is 0 Å². The molecule has 0 unspecified atom stereocenters. The molecule has 1 saturated carbocycles. The van der Waals surface area contributed by atoms with Crippen LogP contribution in [0.25, 0.3) is 0 Å². The zero-order chi connectivity index (χ0) is 23.4. The van der Waals surface area contributed by atoms with Gasteiger partial charge >= 0.3 is 0 Å². The smallest absolute Gasteiger partial charge is 0.243 e. The summed E-state index contributed by atoms with van der Waals surface area (Å²) in [5.41, 5.74) is 0.386. The SMILES string of the molecule is Cc1ccc(NC(=O)C2(CC(=O)NC(C)C)CCCC2)cc1S(=O)(=O)N1CCCCCC1. The van der Waals surface area contributed by atoms with Crippen molar-refractivity contribution >= 4 is 27.5 Å². The van der Waals surface area contributed by atoms with E-state index >= 15 is 0 Å². The molecule has 2 fully saturated rings. The van der Waals surface area contributed by atoms with Crippen LogP contribution in [-0.4, -0.2) is 43.7 Å². The Morgan fingerprint density at radius 1 is 1.03 bits per heavy atom. The fourth-order valence-corrected chi connectivity index (χ4v) is 6.62. The lowest BCUT2D eigenvalue weighted by molar-refractivity contribution is -0.132. The highest BCUT2D eigenvalue weighted by atomic mass is 32.2. The van der Waals surface area contributed by atoms with Crippen molar-refractivity contribution in [2.24, 2.45) is 5.41 Å². The lowest BCUT2D eigenvalue weighted by Crippen LogP contribution is -2.40. The number of hydrogen-bond acceptors (Lipinski definition) is 4. The average Bonchev–Trinajstić information content (AvgIpc) is 3.01. The number of carbonyl (C=O) groups excluding carboxylic acids is 2. The summed E-state index contributed by atoms with van der Waals surface area (Å²) in [7, 11) is -3.62. The van der Waals surface area contributed by atoms with Crippen molar-refractivity contribution in [3.8, 4) is 0 Å². The normalized spacial score (nSPS) is 19.5. The first-order valence-electron chi connectivity index (χ1n) is 11.9. The zero-order valence-corrected chi connectivity index (χ0v) is 20.4. The number of anilines is 1. The molecule has 2 aliphatic rings. The van der Waals surface area contributed by atoms with Gasteiger partial charge in [0.25, 0.3) is 0 Å². The van der Waals surface area contributed by atoms with Gasteiger partial charge in [0, 0.05) is 31.2 Å². The van der Waals surface area contributed by atoms with Crippen molar-refractivity contribution in [3.05, 3.63) is 23.8 Å². The Balaban J connectivity index is 1.81. The van der Waals surface area contributed by atoms with Gasteiger partial charge in [-0.2, -0.15) is 4.31 Å². The second-order valence-electron chi connectivity index (χ2n) is 9.64. The number of rotatable bonds is 7. The molecule has 3 rings (SSSR count). The highest BCUT2D eigenvalue weighted by Gasteiger charge is 2.43. The largest absolute Gasteiger partial charge is 0.354 e. The van der Waals surface area contributed by atoms with E-state index in [-0.39, 0.29) is 29.2 Å². The van der Waals surface area contributed by atoms with E-state index in [4.69, 9.17) is 0 Å². The lowest BCUT2D eigenvalue weighted by atomic mass is 9.81. The number of benzene rings is 1. The van der Waals surface area contributed by atoms with Crippen LogP contribution in [0.3, 0.4) is 0 Å². The Bertz CT molecular complexity index is 929. The van der Waals surface area contributed by atoms with Gasteiger partial charge < -0.3 is 10.6 Å². The summed E-state index contributed by atoms with van der Waals surface area (Å²) in [6.07, 6.45) is 7.13. The average molecular weight is 464 g/mol. The Labute approximate surface area is 192 Å². The number of aryl methyl sites for hydroxylation is 1. The fourth-order valence-electron chi connectivity index (χ4n) is 4.86. The molecule has 0 spiro atoms. The predicted molar refractivity (Wildman–Crippen MR) is 126 cm³/mol. The summed E-state index contributed by atoms with van der Waals surface area (Å²) in [5, 5.41) is 5.82. The van der Waals surface area contributed by atoms with Crippen LogP contribution in [0.2, 0.25) is 0 Å². The number of hydrogen-bond donors (Lipinski definition) is 2. The van der Waals surface area contributed by atoms with Crippen molar-refractivity contribution in [1.82, 2.24) is 9.62 Å². The molecule has 1 aliphatic heterocycles. The fraction of sp³-hybridized carbons (Fsp3) is 0.667. The number of amides is 2. The first-order valence-corrected chi connectivity index (χ1v) is 13.3. The number of carbonyl (C=O) groups is 2. The quantitative estimate of drug-likeness (QED) is 0.639. The summed E-state index contributed by atoms with van der Waals surface area (Å²) in [6.45, 7) is 6.65. The molecule has 1 aromatic carbocycles. The van der Waals surface area contributed by atoms with Crippen molar-refractivity contribution in [2.75, 3.05) is 18.4 Å². The molecule has 7 nitrogen and oxygen atoms in total. The maximum Gasteiger partial charge on any atom is 0.243 e. The second-order valence-corrected chi connectivity index (χ2v) is 11.5. The third-order valence-corrected chi connectivity index (χ3v) is 8.66. The third kappa shape index (κ3) is 5.70. The molecule has 1 heterocycles. The van der Waals surface area contributed by atoms with Gasteiger partial charge in [-0.15, -0.1) is 0 Å². The van der Waals surface area contributed by atoms with Crippen LogP contribution in [0.15, 0.2) is 23.1 Å². The standard InChI is InChI=1S/C24H37N3O4S/c1-18(2)25-22(28)17-24(12-6-7-13-24)23(29)26-20-11-10-19(3)21(16-20)32(30,31)27-14-8-4-5-9-15-27/h10-11,16,18H,4-9,12-15,17H2,1-3H3,(H,25,28)(H,26,29). The van der Waals surface area contributed by atoms with Gasteiger partial charge in [-0.25, -0.2) is 8.42 Å². The van der Waals surface area contributed by atoms with Crippen LogP contribution in [0, 0.1) is 12.3 Å². The van der Waals surface area contributed by atoms with Crippen LogP contribution >= 0.6 is 0 Å². The van der Waals surface area contributed by atoms with E-state index < -0.39 is 15.4 Å². The van der Waals surface area contributed by atoms with Gasteiger partial charge in [0.1, 0.15) is 0 Å². The second kappa shape index (κ2) is 10.3. The minimum absolute atomic E-state index is 0.0212. The molecule has 1 aliphatic carbocycles. The van der Waals surface area contributed by atoms with Crippen molar-refractivity contribution in [3.63, 3.8) is 0 Å². The molecule has 0 radical (unpaired) electrons. The third-order valence-electron chi connectivity index (χ3n) is 6.62. The molecule has 2 amide bonds. The van der Waals surface area contributed by atoms with Crippen LogP contribution in [0.1, 0.15) is 77.2 Å². The first kappa shape index (κ1) is 24.7. The van der Waals surface area contributed by atoms with Gasteiger partial charge in [-0.05, 0) is 64.2 Å². The topological polar surface area (TPSA) is 95.6 Å². The number of nitrogens with zero attached hydrogens (tertiary/aromatic N) is 1. The van der Waals surface area contributed by atoms with E-state index in [0.717, 1.165) is 38.5 Å². The van der Waals surface area contributed by atoms with E-state index in [1.54, 1.807) is 29.4 Å². The highest BCUT2D eigenvalue weighted by molar-refractivity contribution is 7.89. The number of sulfonamides is 1. The maximum atomic E-state index is 13.3. The van der Waals surface area contributed by atoms with Crippen LogP contribution in [0.4, 0.5) is 5.69 Å². The summed E-state index contributed by atoms with van der Waals surface area (Å²) < 4.78 is 28.2. The summed E-state index contributed by atoms with van der Waals surface area (Å²) in [5.74, 6) is -0.318. The van der Waals surface area contributed by atoms with E-state index in [0.29, 0.717) is 37.2 Å². The van der Waals surface area contributed by atoms with E-state index in [2.05, 4.69) is 10.6 Å². The summed E-state index contributed by atoms with van der Waals surface area (Å²) in [6, 6.07) is 5.08. The highest BCUT2D eigenvalue weighted by Crippen LogP contribution is 2.42. The summed E-state index contributed by atoms with van der Waals surface area (Å²) in [4.78, 5) is 26.0. The molecule has 8 heteroatoms. The van der Waals surface area contributed by atoms with E-state index in [9.17, 15) is 18.0 Å². The Morgan fingerprint density at radius 3 is 2.25 bits per heavy atom. The van der Waals surface area contributed by atoms with Crippen molar-refractivity contribution < 1.29 is 18.0 Å². The van der Waals surface area contributed by atoms with Crippen LogP contribution in [0.5, 0.6) is 0 Å². The molecule has 32 heavy (non-hydrogen) atoms. The molecular formula is C24H37N3O4S. The van der Waals surface area contributed by atoms with Gasteiger partial charge in [0.2, 0.25) is 21.8 Å². The first-order chi connectivity index (χ1) is 15.1. The molecule has 0 aromatic heterocycles. The van der Waals surface area contributed by atoms with E-state index in [1.807, 2.05) is 13.8 Å². The Kier molecular flexibility index (Phi) is 7.98. The minimum Gasteiger partial charge on any atom is -0.354 e. The molecule has 2 N–H and O–H groups in total. The molecular weight excluding hydrogens is 426 g/mol. The minimum atomic E-state index is -3.62. The van der Waals surface area contributed by atoms with Gasteiger partial charge in [0.15, 0.2) is 0 Å². The van der Waals surface area contributed by atoms with Crippen LogP contribution < -0.4 is 10.6 Å².